The van der Waals surface area contributed by atoms with E-state index < -0.39 is 0 Å². The second-order valence-corrected chi connectivity index (χ2v) is 7.19. The molecule has 0 bridgehead atoms. The third kappa shape index (κ3) is 2.99. The molecule has 3 heterocycles. The van der Waals surface area contributed by atoms with Gasteiger partial charge < -0.3 is 4.40 Å². The Hall–Kier alpha value is -2.99. The van der Waals surface area contributed by atoms with Gasteiger partial charge in [-0.3, -0.25) is 10.1 Å². The van der Waals surface area contributed by atoms with Crippen molar-refractivity contribution < 1.29 is 4.79 Å². The van der Waals surface area contributed by atoms with Gasteiger partial charge in [-0.25, -0.2) is 9.97 Å². The largest absolute Gasteiger partial charge is 0.304 e. The molecule has 3 aromatic heterocycles. The highest BCUT2D eigenvalue weighted by molar-refractivity contribution is 7.14. The lowest BCUT2D eigenvalue weighted by Gasteiger charge is -2.03. The Bertz CT molecular complexity index is 1130. The molecule has 130 valence electrons. The second-order valence-electron chi connectivity index (χ2n) is 6.33. The Balaban J connectivity index is 1.59. The monoisotopic (exact) mass is 362 g/mol. The van der Waals surface area contributed by atoms with Crippen molar-refractivity contribution in [2.75, 3.05) is 5.32 Å². The number of nitrogens with zero attached hydrogens (tertiary/aromatic N) is 3. The molecule has 0 fully saturated rings. The molecule has 0 atom stereocenters. The number of carbonyl (C=O) groups excluding carboxylic acids is 1. The van der Waals surface area contributed by atoms with Crippen LogP contribution in [0.2, 0.25) is 0 Å². The van der Waals surface area contributed by atoms with E-state index in [-0.39, 0.29) is 5.91 Å². The van der Waals surface area contributed by atoms with Crippen molar-refractivity contribution in [2.24, 2.45) is 0 Å². The number of anilines is 1. The fourth-order valence-electron chi connectivity index (χ4n) is 2.89. The zero-order valence-corrected chi connectivity index (χ0v) is 15.6. The van der Waals surface area contributed by atoms with Gasteiger partial charge in [0.05, 0.1) is 5.69 Å². The summed E-state index contributed by atoms with van der Waals surface area (Å²) >= 11 is 1.41. The lowest BCUT2D eigenvalue weighted by atomic mass is 10.0. The standard InChI is InChI=1S/C20H18N4OS/c1-12-7-8-13(2)15(9-12)17-11-26-20(22-17)23-19(25)16-10-24-14(3)5-4-6-18(24)21-16/h4-11H,1-3H3,(H,22,23,25). The lowest BCUT2D eigenvalue weighted by Crippen LogP contribution is -2.12. The van der Waals surface area contributed by atoms with Gasteiger partial charge in [0, 0.05) is 22.8 Å². The first kappa shape index (κ1) is 16.5. The molecule has 5 nitrogen and oxygen atoms in total. The molecule has 0 saturated heterocycles. The summed E-state index contributed by atoms with van der Waals surface area (Å²) in [5, 5.41) is 5.39. The number of pyridine rings is 1. The number of aromatic nitrogens is 3. The third-order valence-electron chi connectivity index (χ3n) is 4.32. The number of nitrogens with one attached hydrogen (secondary N) is 1. The minimum atomic E-state index is -0.255. The van der Waals surface area contributed by atoms with Crippen molar-refractivity contribution in [3.63, 3.8) is 0 Å². The second kappa shape index (κ2) is 6.38. The van der Waals surface area contributed by atoms with Gasteiger partial charge in [-0.2, -0.15) is 0 Å². The molecule has 0 spiro atoms. The van der Waals surface area contributed by atoms with Crippen LogP contribution < -0.4 is 5.32 Å². The van der Waals surface area contributed by atoms with Crippen LogP contribution in [0.1, 0.15) is 27.3 Å². The SMILES string of the molecule is Cc1ccc(C)c(-c2csc(NC(=O)c3cn4c(C)cccc4n3)n2)c1. The van der Waals surface area contributed by atoms with Crippen molar-refractivity contribution in [1.82, 2.24) is 14.4 Å². The molecular weight excluding hydrogens is 344 g/mol. The van der Waals surface area contributed by atoms with Crippen LogP contribution in [0.25, 0.3) is 16.9 Å². The molecular formula is C20H18N4OS. The maximum absolute atomic E-state index is 12.5. The van der Waals surface area contributed by atoms with E-state index in [0.717, 1.165) is 28.2 Å². The summed E-state index contributed by atoms with van der Waals surface area (Å²) in [4.78, 5) is 21.5. The Labute approximate surface area is 155 Å². The number of fused-ring (bicyclic) bond motifs is 1. The number of aryl methyl sites for hydroxylation is 3. The van der Waals surface area contributed by atoms with Crippen molar-refractivity contribution in [1.29, 1.82) is 0 Å². The van der Waals surface area contributed by atoms with Crippen molar-refractivity contribution in [2.45, 2.75) is 20.8 Å². The van der Waals surface area contributed by atoms with E-state index in [4.69, 9.17) is 0 Å². The number of imidazole rings is 1. The number of carbonyl (C=O) groups is 1. The van der Waals surface area contributed by atoms with Gasteiger partial charge in [0.1, 0.15) is 11.3 Å². The number of hydrogen-bond donors (Lipinski definition) is 1. The van der Waals surface area contributed by atoms with E-state index in [1.807, 2.05) is 34.9 Å². The van der Waals surface area contributed by atoms with Crippen molar-refractivity contribution >= 4 is 28.0 Å². The summed E-state index contributed by atoms with van der Waals surface area (Å²) in [5.41, 5.74) is 6.47. The van der Waals surface area contributed by atoms with E-state index >= 15 is 0 Å². The van der Waals surface area contributed by atoms with Crippen LogP contribution in [0.15, 0.2) is 48.0 Å². The van der Waals surface area contributed by atoms with E-state index in [1.54, 1.807) is 6.20 Å². The van der Waals surface area contributed by atoms with Crippen LogP contribution in [0.4, 0.5) is 5.13 Å². The maximum atomic E-state index is 12.5. The molecule has 4 rings (SSSR count). The van der Waals surface area contributed by atoms with Crippen LogP contribution >= 0.6 is 11.3 Å². The Kier molecular flexibility index (Phi) is 4.05. The minimum absolute atomic E-state index is 0.255. The van der Waals surface area contributed by atoms with Crippen LogP contribution in [-0.4, -0.2) is 20.3 Å². The molecule has 0 saturated carbocycles. The summed E-state index contributed by atoms with van der Waals surface area (Å²) in [6, 6.07) is 12.1. The van der Waals surface area contributed by atoms with E-state index in [9.17, 15) is 4.79 Å². The molecule has 0 aliphatic heterocycles. The molecule has 26 heavy (non-hydrogen) atoms. The first-order valence-corrected chi connectivity index (χ1v) is 9.18. The Morgan fingerprint density at radius 1 is 1.12 bits per heavy atom. The minimum Gasteiger partial charge on any atom is -0.304 e. The van der Waals surface area contributed by atoms with Gasteiger partial charge in [-0.1, -0.05) is 23.8 Å². The van der Waals surface area contributed by atoms with Crippen LogP contribution in [-0.2, 0) is 0 Å². The van der Waals surface area contributed by atoms with Gasteiger partial charge >= 0.3 is 0 Å². The summed E-state index contributed by atoms with van der Waals surface area (Å²) in [6.07, 6.45) is 1.75. The van der Waals surface area contributed by atoms with Crippen molar-refractivity contribution in [3.8, 4) is 11.3 Å². The van der Waals surface area contributed by atoms with Gasteiger partial charge in [-0.05, 0) is 44.5 Å². The highest BCUT2D eigenvalue weighted by Crippen LogP contribution is 2.28. The number of rotatable bonds is 3. The summed E-state index contributed by atoms with van der Waals surface area (Å²) in [5.74, 6) is -0.255. The fourth-order valence-corrected chi connectivity index (χ4v) is 3.59. The predicted octanol–water partition coefficient (Wildman–Crippen LogP) is 4.64. The smallest absolute Gasteiger partial charge is 0.277 e. The highest BCUT2D eigenvalue weighted by atomic mass is 32.1. The van der Waals surface area contributed by atoms with Crippen LogP contribution in [0, 0.1) is 20.8 Å². The number of thiazole rings is 1. The predicted molar refractivity (Wildman–Crippen MR) is 105 cm³/mol. The topological polar surface area (TPSA) is 59.3 Å². The molecule has 0 radical (unpaired) electrons. The van der Waals surface area contributed by atoms with E-state index in [2.05, 4.69) is 47.3 Å². The highest BCUT2D eigenvalue weighted by Gasteiger charge is 2.14. The van der Waals surface area contributed by atoms with Crippen LogP contribution in [0.3, 0.4) is 0 Å². The van der Waals surface area contributed by atoms with Gasteiger partial charge in [0.2, 0.25) is 0 Å². The molecule has 1 aromatic carbocycles. The zero-order chi connectivity index (χ0) is 18.3. The van der Waals surface area contributed by atoms with Gasteiger partial charge in [-0.15, -0.1) is 11.3 Å². The molecule has 0 aliphatic rings. The number of amides is 1. The summed E-state index contributed by atoms with van der Waals surface area (Å²) in [6.45, 7) is 6.10. The lowest BCUT2D eigenvalue weighted by molar-refractivity contribution is 0.102. The quantitative estimate of drug-likeness (QED) is 0.578. The zero-order valence-electron chi connectivity index (χ0n) is 14.8. The molecule has 0 aliphatic carbocycles. The number of benzene rings is 1. The average Bonchev–Trinajstić information content (AvgIpc) is 3.25. The molecule has 1 amide bonds. The Morgan fingerprint density at radius 2 is 1.96 bits per heavy atom. The molecule has 0 unspecified atom stereocenters. The average molecular weight is 362 g/mol. The first-order chi connectivity index (χ1) is 12.5. The normalized spacial score (nSPS) is 11.0. The summed E-state index contributed by atoms with van der Waals surface area (Å²) < 4.78 is 1.90. The fraction of sp³-hybridized carbons (Fsp3) is 0.150. The molecule has 6 heteroatoms. The third-order valence-corrected chi connectivity index (χ3v) is 5.08. The van der Waals surface area contributed by atoms with E-state index in [0.29, 0.717) is 10.8 Å². The van der Waals surface area contributed by atoms with Gasteiger partial charge in [0.25, 0.3) is 5.91 Å². The number of hydrogen-bond acceptors (Lipinski definition) is 4. The molecule has 1 N–H and O–H groups in total. The maximum Gasteiger partial charge on any atom is 0.277 e. The Morgan fingerprint density at radius 3 is 2.77 bits per heavy atom. The van der Waals surface area contributed by atoms with Crippen LogP contribution in [0.5, 0.6) is 0 Å². The van der Waals surface area contributed by atoms with Gasteiger partial charge in [0.15, 0.2) is 5.13 Å². The first-order valence-electron chi connectivity index (χ1n) is 8.30. The summed E-state index contributed by atoms with van der Waals surface area (Å²) in [7, 11) is 0. The van der Waals surface area contributed by atoms with E-state index in [1.165, 1.54) is 16.9 Å². The van der Waals surface area contributed by atoms with Crippen molar-refractivity contribution in [3.05, 3.63) is 70.5 Å². The molecule has 4 aromatic rings.